The highest BCUT2D eigenvalue weighted by atomic mass is 19.2. The van der Waals surface area contributed by atoms with Crippen LogP contribution in [0.1, 0.15) is 55.6 Å². The molecule has 0 aromatic heterocycles. The van der Waals surface area contributed by atoms with Crippen LogP contribution in [0.4, 0.5) is 52.2 Å². The van der Waals surface area contributed by atoms with Crippen LogP contribution in [-0.4, -0.2) is 0 Å². The van der Waals surface area contributed by atoms with Crippen LogP contribution in [0.15, 0.2) is 286 Å². The first kappa shape index (κ1) is 59.5. The van der Waals surface area contributed by atoms with Crippen LogP contribution in [0.2, 0.25) is 0 Å². The highest BCUT2D eigenvalue weighted by Crippen LogP contribution is 2.61. The van der Waals surface area contributed by atoms with Crippen LogP contribution in [-0.2, 0) is 10.8 Å². The van der Waals surface area contributed by atoms with E-state index >= 15 is 35.1 Å². The van der Waals surface area contributed by atoms with Gasteiger partial charge in [-0.1, -0.05) is 195 Å². The van der Waals surface area contributed by atoms with Gasteiger partial charge in [-0.2, -0.15) is 0 Å². The molecule has 2 unspecified atom stereocenters. The zero-order valence-electron chi connectivity index (χ0n) is 50.3. The number of ether oxygens (including phenoxy) is 2. The Kier molecular flexibility index (Phi) is 14.8. The van der Waals surface area contributed by atoms with Gasteiger partial charge in [-0.15, -0.1) is 0 Å². The van der Waals surface area contributed by atoms with Crippen molar-refractivity contribution in [2.45, 2.75) is 10.8 Å². The van der Waals surface area contributed by atoms with Crippen molar-refractivity contribution in [1.29, 1.82) is 0 Å². The van der Waals surface area contributed by atoms with Crippen LogP contribution < -0.4 is 14.4 Å². The zero-order chi connectivity index (χ0) is 65.3. The van der Waals surface area contributed by atoms with Crippen molar-refractivity contribution in [2.24, 2.45) is 0 Å². The summed E-state index contributed by atoms with van der Waals surface area (Å²) in [6.07, 6.45) is 3.40. The number of hydrogen-bond acceptors (Lipinski definition) is 3. The number of benzene rings is 13. The molecule has 11 heteroatoms. The number of hydrogen-bond donors (Lipinski definition) is 0. The van der Waals surface area contributed by atoms with Crippen molar-refractivity contribution in [3.63, 3.8) is 0 Å². The van der Waals surface area contributed by atoms with Gasteiger partial charge in [-0.05, 0) is 192 Å². The van der Waals surface area contributed by atoms with E-state index in [0.29, 0.717) is 108 Å². The fraction of sp³-hybridized carbons (Fsp3) is 0.0238. The van der Waals surface area contributed by atoms with Gasteiger partial charge < -0.3 is 14.4 Å². The molecule has 13 aromatic carbocycles. The molecule has 0 bridgehead atoms. The van der Waals surface area contributed by atoms with Crippen molar-refractivity contribution >= 4 is 29.2 Å². The lowest BCUT2D eigenvalue weighted by Crippen LogP contribution is -2.31. The molecule has 0 aliphatic heterocycles. The fourth-order valence-corrected chi connectivity index (χ4v) is 14.0. The Morgan fingerprint density at radius 2 is 0.632 bits per heavy atom. The van der Waals surface area contributed by atoms with Gasteiger partial charge in [0.25, 0.3) is 0 Å². The lowest BCUT2D eigenvalue weighted by molar-refractivity contribution is 0.399. The molecular formula is C84H51F8NO2. The van der Waals surface area contributed by atoms with E-state index in [4.69, 9.17) is 9.47 Å². The van der Waals surface area contributed by atoms with E-state index in [0.717, 1.165) is 33.4 Å². The molecule has 2 aliphatic carbocycles. The van der Waals surface area contributed by atoms with E-state index in [1.807, 2.05) is 150 Å². The Morgan fingerprint density at radius 3 is 1.07 bits per heavy atom. The average Bonchev–Trinajstić information content (AvgIpc) is 1.56. The molecule has 0 saturated heterocycles. The van der Waals surface area contributed by atoms with Crippen molar-refractivity contribution in [3.8, 4) is 67.5 Å². The lowest BCUT2D eigenvalue weighted by atomic mass is 9.67. The monoisotopic (exact) mass is 1260 g/mol. The molecule has 0 heterocycles. The van der Waals surface area contributed by atoms with Crippen LogP contribution in [0.25, 0.3) is 56.7 Å². The van der Waals surface area contributed by atoms with E-state index in [-0.39, 0.29) is 0 Å². The topological polar surface area (TPSA) is 21.7 Å². The minimum atomic E-state index is -2.00. The number of fused-ring (bicyclic) bond motifs is 6. The minimum Gasteiger partial charge on any atom is -0.457 e. The SMILES string of the molecule is C=Cc1ccc(Oc2ccc(C3(c4cc(F)c(F)c(F)c4F)c4ccccc4-c4ccc(N(c5cccc(-c6cccc(-c7ccccc7)c6)c5)c5ccc6c(c5)C(c5ccc(Oc7ccc(C=C)cc7)cc5)(c5cc(F)c(F)c(F)c5F)c5ccccc5-6)cc43)cc2)cc1. The van der Waals surface area contributed by atoms with E-state index in [1.165, 1.54) is 0 Å². The third kappa shape index (κ3) is 9.80. The number of rotatable bonds is 15. The molecule has 0 amide bonds. The third-order valence-electron chi connectivity index (χ3n) is 18.3. The molecular weight excluding hydrogens is 1210 g/mol. The Balaban J connectivity index is 0.981. The summed E-state index contributed by atoms with van der Waals surface area (Å²) in [6.45, 7) is 7.67. The van der Waals surface area contributed by atoms with Gasteiger partial charge in [0.2, 0.25) is 0 Å². The van der Waals surface area contributed by atoms with Crippen LogP contribution in [0, 0.1) is 46.5 Å². The number of halogens is 8. The normalized spacial score (nSPS) is 14.9. The van der Waals surface area contributed by atoms with Crippen molar-refractivity contribution in [1.82, 2.24) is 0 Å². The Bertz CT molecular complexity index is 4950. The van der Waals surface area contributed by atoms with Gasteiger partial charge in [-0.25, -0.2) is 35.1 Å². The van der Waals surface area contributed by atoms with Gasteiger partial charge >= 0.3 is 0 Å². The molecule has 13 aromatic rings. The summed E-state index contributed by atoms with van der Waals surface area (Å²) in [4.78, 5) is 1.92. The number of nitrogens with zero attached hydrogens (tertiary/aromatic N) is 1. The quantitative estimate of drug-likeness (QED) is 0.0580. The average molecular weight is 1260 g/mol. The van der Waals surface area contributed by atoms with Crippen molar-refractivity contribution < 1.29 is 44.6 Å². The maximum Gasteiger partial charge on any atom is 0.197 e. The summed E-state index contributed by atoms with van der Waals surface area (Å²) in [7, 11) is 0. The number of anilines is 3. The largest absolute Gasteiger partial charge is 0.457 e. The van der Waals surface area contributed by atoms with E-state index in [2.05, 4.69) is 19.2 Å². The first-order valence-corrected chi connectivity index (χ1v) is 30.5. The maximum absolute atomic E-state index is 17.5. The third-order valence-corrected chi connectivity index (χ3v) is 18.3. The summed E-state index contributed by atoms with van der Waals surface area (Å²) in [6, 6.07) is 80.3. The van der Waals surface area contributed by atoms with Crippen LogP contribution in [0.5, 0.6) is 23.0 Å². The lowest BCUT2D eigenvalue weighted by Gasteiger charge is -2.36. The predicted octanol–water partition coefficient (Wildman–Crippen LogP) is 23.2. The fourth-order valence-electron chi connectivity index (χ4n) is 14.0. The van der Waals surface area contributed by atoms with Gasteiger partial charge in [-0.3, -0.25) is 0 Å². The van der Waals surface area contributed by atoms with Crippen LogP contribution >= 0.6 is 0 Å². The standard InChI is InChI=1S/C84H51F8NO2/c1-3-50-24-34-61(35-25-50)94-63-38-28-56(29-39-63)83(73-48-75(85)79(89)81(91)77(73)87)69-22-10-8-20-65(69)67-42-32-59(46-71(67)83)93(58-19-13-18-55(45-58)54-17-12-16-53(44-54)52-14-6-5-7-15-52)60-33-43-68-66-21-9-11-23-70(66)84(72(68)47-60,74-49-76(86)80(90)82(92)78(74)88)57-30-40-64(41-31-57)95-62-36-26-51(4-2)27-37-62/h3-49H,1-2H2. The maximum atomic E-state index is 17.5. The zero-order valence-corrected chi connectivity index (χ0v) is 50.3. The molecule has 15 rings (SSSR count). The predicted molar refractivity (Wildman–Crippen MR) is 359 cm³/mol. The Morgan fingerprint density at radius 1 is 0.274 bits per heavy atom. The van der Waals surface area contributed by atoms with Crippen molar-refractivity contribution in [2.75, 3.05) is 4.90 Å². The second-order valence-electron chi connectivity index (χ2n) is 23.4. The van der Waals surface area contributed by atoms with E-state index in [9.17, 15) is 0 Å². The summed E-state index contributed by atoms with van der Waals surface area (Å²) >= 11 is 0. The molecule has 3 nitrogen and oxygen atoms in total. The summed E-state index contributed by atoms with van der Waals surface area (Å²) in [5.41, 5.74) is 6.42. The van der Waals surface area contributed by atoms with E-state index in [1.54, 1.807) is 121 Å². The van der Waals surface area contributed by atoms with Gasteiger partial charge in [0.1, 0.15) is 23.0 Å². The molecule has 460 valence electrons. The first-order chi connectivity index (χ1) is 46.3. The molecule has 0 spiro atoms. The van der Waals surface area contributed by atoms with Crippen LogP contribution in [0.3, 0.4) is 0 Å². The van der Waals surface area contributed by atoms with Crippen molar-refractivity contribution in [3.05, 3.63) is 388 Å². The van der Waals surface area contributed by atoms with Gasteiger partial charge in [0, 0.05) is 28.2 Å². The van der Waals surface area contributed by atoms with Gasteiger partial charge in [0.05, 0.1) is 10.8 Å². The summed E-state index contributed by atoms with van der Waals surface area (Å²) < 4.78 is 143. The smallest absolute Gasteiger partial charge is 0.197 e. The Labute approximate surface area is 542 Å². The molecule has 2 atom stereocenters. The first-order valence-electron chi connectivity index (χ1n) is 30.5. The second kappa shape index (κ2) is 23.7. The molecule has 0 radical (unpaired) electrons. The summed E-state index contributed by atoms with van der Waals surface area (Å²) in [5, 5.41) is 0. The minimum absolute atomic E-state index is 0.342. The summed E-state index contributed by atoms with van der Waals surface area (Å²) in [5.74, 6) is -12.6. The molecule has 0 N–H and O–H groups in total. The molecule has 95 heavy (non-hydrogen) atoms. The van der Waals surface area contributed by atoms with E-state index < -0.39 is 68.5 Å². The molecule has 0 saturated carbocycles. The highest BCUT2D eigenvalue weighted by Gasteiger charge is 2.51. The molecule has 0 fully saturated rings. The highest BCUT2D eigenvalue weighted by molar-refractivity contribution is 5.93. The van der Waals surface area contributed by atoms with Gasteiger partial charge in [0.15, 0.2) is 46.5 Å². The second-order valence-corrected chi connectivity index (χ2v) is 23.4. The molecule has 2 aliphatic rings. The Hall–Kier alpha value is -11.8.